The molecule has 0 amide bonds. The molecule has 1 aliphatic heterocycles. The van der Waals surface area contributed by atoms with Crippen LogP contribution in [-0.2, 0) is 6.54 Å². The maximum absolute atomic E-state index is 5.67. The Bertz CT molecular complexity index is 502. The molecule has 84 valence electrons. The minimum absolute atomic E-state index is 0.485. The number of hydrogen-bond acceptors (Lipinski definition) is 4. The monoisotopic (exact) mass is 234 g/mol. The quantitative estimate of drug-likeness (QED) is 0.833. The van der Waals surface area contributed by atoms with Crippen LogP contribution < -0.4 is 5.73 Å². The number of imidazole rings is 1. The highest BCUT2D eigenvalue weighted by Crippen LogP contribution is 2.41. The molecule has 1 fully saturated rings. The third-order valence-corrected chi connectivity index (χ3v) is 4.32. The van der Waals surface area contributed by atoms with Crippen molar-refractivity contribution in [3.05, 3.63) is 23.8 Å². The van der Waals surface area contributed by atoms with Gasteiger partial charge in [0.25, 0.3) is 0 Å². The van der Waals surface area contributed by atoms with Crippen LogP contribution in [-0.4, -0.2) is 20.7 Å². The van der Waals surface area contributed by atoms with Gasteiger partial charge >= 0.3 is 0 Å². The van der Waals surface area contributed by atoms with Crippen molar-refractivity contribution >= 4 is 22.8 Å². The van der Waals surface area contributed by atoms with Gasteiger partial charge < -0.3 is 10.7 Å². The van der Waals surface area contributed by atoms with E-state index in [1.165, 1.54) is 18.6 Å². The van der Waals surface area contributed by atoms with E-state index < -0.39 is 0 Å². The van der Waals surface area contributed by atoms with E-state index >= 15 is 0 Å². The fourth-order valence-electron chi connectivity index (χ4n) is 2.15. The number of aromatic amines is 1. The van der Waals surface area contributed by atoms with Crippen molar-refractivity contribution in [2.45, 2.75) is 24.6 Å². The number of rotatable bonds is 2. The van der Waals surface area contributed by atoms with Crippen LogP contribution in [0.2, 0.25) is 0 Å². The molecule has 4 nitrogen and oxygen atoms in total. The molecule has 2 aromatic heterocycles. The first-order chi connectivity index (χ1) is 7.88. The average molecular weight is 234 g/mol. The fourth-order valence-corrected chi connectivity index (χ4v) is 3.42. The summed E-state index contributed by atoms with van der Waals surface area (Å²) in [5.74, 6) is 1.23. The highest BCUT2D eigenvalue weighted by Gasteiger charge is 2.22. The molecular formula is C11H14N4S. The smallest absolute Gasteiger partial charge is 0.111 e. The molecule has 0 aromatic carbocycles. The van der Waals surface area contributed by atoms with Gasteiger partial charge in [0.2, 0.25) is 0 Å². The second-order valence-corrected chi connectivity index (χ2v) is 5.31. The largest absolute Gasteiger partial charge is 0.344 e. The average Bonchev–Trinajstić information content (AvgIpc) is 2.98. The number of nitrogens with one attached hydrogen (secondary N) is 1. The third kappa shape index (κ3) is 1.60. The van der Waals surface area contributed by atoms with Gasteiger partial charge in [-0.2, -0.15) is 11.8 Å². The first-order valence-electron chi connectivity index (χ1n) is 5.53. The molecule has 1 saturated heterocycles. The standard InChI is InChI=1S/C11H14N4S/c12-5-7-4-8-10(14-6-13-8)11(15-7)9-2-1-3-16-9/h4,6,9H,1-3,5,12H2,(H,13,14). The number of pyridine rings is 1. The van der Waals surface area contributed by atoms with Gasteiger partial charge in [-0.1, -0.05) is 0 Å². The zero-order chi connectivity index (χ0) is 11.0. The zero-order valence-electron chi connectivity index (χ0n) is 8.94. The third-order valence-electron chi connectivity index (χ3n) is 2.93. The summed E-state index contributed by atoms with van der Waals surface area (Å²) in [5, 5.41) is 0.497. The van der Waals surface area contributed by atoms with Crippen LogP contribution in [0.15, 0.2) is 12.4 Å². The molecule has 2 aromatic rings. The lowest BCUT2D eigenvalue weighted by molar-refractivity contribution is 0.802. The summed E-state index contributed by atoms with van der Waals surface area (Å²) in [7, 11) is 0. The summed E-state index contributed by atoms with van der Waals surface area (Å²) in [6, 6.07) is 1.99. The maximum Gasteiger partial charge on any atom is 0.111 e. The van der Waals surface area contributed by atoms with Crippen LogP contribution in [0.1, 0.15) is 29.5 Å². The van der Waals surface area contributed by atoms with Crippen LogP contribution in [0.5, 0.6) is 0 Å². The van der Waals surface area contributed by atoms with E-state index in [9.17, 15) is 0 Å². The molecule has 16 heavy (non-hydrogen) atoms. The Morgan fingerprint density at radius 1 is 1.56 bits per heavy atom. The van der Waals surface area contributed by atoms with Gasteiger partial charge in [0.05, 0.1) is 23.2 Å². The summed E-state index contributed by atoms with van der Waals surface area (Å²) >= 11 is 1.98. The van der Waals surface area contributed by atoms with Gasteiger partial charge in [-0.15, -0.1) is 0 Å². The van der Waals surface area contributed by atoms with Gasteiger partial charge in [0.1, 0.15) is 5.52 Å². The number of nitrogens with two attached hydrogens (primary N) is 1. The van der Waals surface area contributed by atoms with Crippen molar-refractivity contribution in [3.8, 4) is 0 Å². The lowest BCUT2D eigenvalue weighted by atomic mass is 10.1. The SMILES string of the molecule is NCc1cc2[nH]cnc2c(C2CCCS2)n1. The van der Waals surface area contributed by atoms with E-state index in [0.29, 0.717) is 11.8 Å². The Morgan fingerprint density at radius 3 is 3.25 bits per heavy atom. The molecule has 0 radical (unpaired) electrons. The summed E-state index contributed by atoms with van der Waals surface area (Å²) in [6.07, 6.45) is 4.21. The lowest BCUT2D eigenvalue weighted by Gasteiger charge is -2.10. The number of fused-ring (bicyclic) bond motifs is 1. The molecule has 5 heteroatoms. The van der Waals surface area contributed by atoms with E-state index in [4.69, 9.17) is 5.73 Å². The van der Waals surface area contributed by atoms with Gasteiger partial charge in [-0.3, -0.25) is 4.98 Å². The minimum Gasteiger partial charge on any atom is -0.344 e. The van der Waals surface area contributed by atoms with E-state index in [0.717, 1.165) is 22.4 Å². The van der Waals surface area contributed by atoms with Crippen LogP contribution in [0, 0.1) is 0 Å². The Morgan fingerprint density at radius 2 is 2.50 bits per heavy atom. The molecule has 3 N–H and O–H groups in total. The second kappa shape index (κ2) is 4.07. The summed E-state index contributed by atoms with van der Waals surface area (Å²) in [6.45, 7) is 0.485. The Balaban J connectivity index is 2.15. The summed E-state index contributed by atoms with van der Waals surface area (Å²) in [4.78, 5) is 12.2. The molecule has 3 heterocycles. The molecule has 0 aliphatic carbocycles. The summed E-state index contributed by atoms with van der Waals surface area (Å²) < 4.78 is 0. The predicted molar refractivity (Wildman–Crippen MR) is 66.2 cm³/mol. The molecule has 0 bridgehead atoms. The molecular weight excluding hydrogens is 220 g/mol. The minimum atomic E-state index is 0.485. The first kappa shape index (κ1) is 10.1. The second-order valence-electron chi connectivity index (χ2n) is 4.00. The van der Waals surface area contributed by atoms with Crippen molar-refractivity contribution in [2.24, 2.45) is 5.73 Å². The topological polar surface area (TPSA) is 67.6 Å². The van der Waals surface area contributed by atoms with E-state index in [1.54, 1.807) is 6.33 Å². The molecule has 0 spiro atoms. The van der Waals surface area contributed by atoms with Crippen LogP contribution in [0.25, 0.3) is 11.0 Å². The number of nitrogens with zero attached hydrogens (tertiary/aromatic N) is 2. The Hall–Kier alpha value is -1.07. The van der Waals surface area contributed by atoms with Crippen molar-refractivity contribution in [1.29, 1.82) is 0 Å². The van der Waals surface area contributed by atoms with Crippen LogP contribution >= 0.6 is 11.8 Å². The Kier molecular flexibility index (Phi) is 2.57. The normalized spacial score (nSPS) is 20.7. The highest BCUT2D eigenvalue weighted by molar-refractivity contribution is 7.99. The molecule has 1 unspecified atom stereocenters. The lowest BCUT2D eigenvalue weighted by Crippen LogP contribution is -2.04. The molecule has 0 saturated carbocycles. The van der Waals surface area contributed by atoms with Crippen LogP contribution in [0.4, 0.5) is 0 Å². The molecule has 1 atom stereocenters. The zero-order valence-corrected chi connectivity index (χ0v) is 9.76. The number of thioether (sulfide) groups is 1. The van der Waals surface area contributed by atoms with E-state index in [-0.39, 0.29) is 0 Å². The van der Waals surface area contributed by atoms with Crippen molar-refractivity contribution < 1.29 is 0 Å². The van der Waals surface area contributed by atoms with Gasteiger partial charge in [0, 0.05) is 11.8 Å². The van der Waals surface area contributed by atoms with E-state index in [1.807, 2.05) is 17.8 Å². The number of H-pyrrole nitrogens is 1. The fraction of sp³-hybridized carbons (Fsp3) is 0.455. The molecule has 1 aliphatic rings. The van der Waals surface area contributed by atoms with Crippen molar-refractivity contribution in [3.63, 3.8) is 0 Å². The van der Waals surface area contributed by atoms with Gasteiger partial charge in [-0.25, -0.2) is 4.98 Å². The van der Waals surface area contributed by atoms with Crippen LogP contribution in [0.3, 0.4) is 0 Å². The van der Waals surface area contributed by atoms with E-state index in [2.05, 4.69) is 15.0 Å². The maximum atomic E-state index is 5.67. The highest BCUT2D eigenvalue weighted by atomic mass is 32.2. The predicted octanol–water partition coefficient (Wildman–Crippen LogP) is 1.98. The molecule has 3 rings (SSSR count). The summed E-state index contributed by atoms with van der Waals surface area (Å²) in [5.41, 5.74) is 9.79. The van der Waals surface area contributed by atoms with Gasteiger partial charge in [-0.05, 0) is 24.7 Å². The Labute approximate surface area is 98.0 Å². The first-order valence-corrected chi connectivity index (χ1v) is 6.58. The van der Waals surface area contributed by atoms with Gasteiger partial charge in [0.15, 0.2) is 0 Å². The van der Waals surface area contributed by atoms with Crippen molar-refractivity contribution in [1.82, 2.24) is 15.0 Å². The number of aromatic nitrogens is 3. The van der Waals surface area contributed by atoms with Crippen molar-refractivity contribution in [2.75, 3.05) is 5.75 Å². The number of hydrogen-bond donors (Lipinski definition) is 2.